The average molecular weight is 193 g/mol. The van der Waals surface area contributed by atoms with Gasteiger partial charge in [0.05, 0.1) is 11.8 Å². The van der Waals surface area contributed by atoms with Gasteiger partial charge in [-0.05, 0) is 30.7 Å². The van der Waals surface area contributed by atoms with Gasteiger partial charge in [0.2, 0.25) is 0 Å². The third-order valence-electron chi connectivity index (χ3n) is 3.70. The number of aliphatic hydroxyl groups is 1. The largest absolute Gasteiger partial charge is 0.384 e. The number of nitrogens with zero attached hydrogens (tertiary/aromatic N) is 1. The van der Waals surface area contributed by atoms with Crippen molar-refractivity contribution in [2.24, 2.45) is 11.8 Å². The first-order chi connectivity index (χ1) is 6.73. The number of fused-ring (bicyclic) bond motifs is 1. The summed E-state index contributed by atoms with van der Waals surface area (Å²) in [5.74, 6) is 0.345. The second kappa shape index (κ2) is 2.54. The fourth-order valence-corrected chi connectivity index (χ4v) is 2.98. The van der Waals surface area contributed by atoms with Gasteiger partial charge in [-0.3, -0.25) is 4.98 Å². The van der Waals surface area contributed by atoms with Crippen molar-refractivity contribution in [3.63, 3.8) is 0 Å². The zero-order valence-electron chi connectivity index (χ0n) is 7.78. The molecule has 3 rings (SSSR count). The first-order valence-electron chi connectivity index (χ1n) is 5.06. The van der Waals surface area contributed by atoms with E-state index in [1.807, 2.05) is 0 Å². The van der Waals surface area contributed by atoms with E-state index in [1.165, 1.54) is 18.7 Å². The summed E-state index contributed by atoms with van der Waals surface area (Å²) >= 11 is 0. The van der Waals surface area contributed by atoms with Crippen LogP contribution >= 0.6 is 0 Å². The maximum atomic E-state index is 12.9. The summed E-state index contributed by atoms with van der Waals surface area (Å²) < 4.78 is 12.9. The van der Waals surface area contributed by atoms with E-state index in [2.05, 4.69) is 4.98 Å². The molecule has 0 saturated heterocycles. The summed E-state index contributed by atoms with van der Waals surface area (Å²) in [5.41, 5.74) is -0.0972. The molecule has 1 aromatic heterocycles. The van der Waals surface area contributed by atoms with E-state index in [0.717, 1.165) is 12.8 Å². The van der Waals surface area contributed by atoms with E-state index in [-0.39, 0.29) is 5.82 Å². The Morgan fingerprint density at radius 3 is 2.71 bits per heavy atom. The maximum Gasteiger partial charge on any atom is 0.141 e. The minimum absolute atomic E-state index is 0.353. The monoisotopic (exact) mass is 193 g/mol. The predicted molar refractivity (Wildman–Crippen MR) is 48.9 cm³/mol. The van der Waals surface area contributed by atoms with Crippen molar-refractivity contribution in [1.29, 1.82) is 0 Å². The molecule has 0 bridgehead atoms. The van der Waals surface area contributed by atoms with Gasteiger partial charge in [0, 0.05) is 11.8 Å². The molecule has 2 atom stereocenters. The van der Waals surface area contributed by atoms with Crippen molar-refractivity contribution in [3.05, 3.63) is 29.8 Å². The molecule has 0 spiro atoms. The Morgan fingerprint density at radius 1 is 1.36 bits per heavy atom. The molecule has 2 nitrogen and oxygen atoms in total. The molecule has 1 aromatic rings. The molecule has 2 aliphatic carbocycles. The highest BCUT2D eigenvalue weighted by molar-refractivity contribution is 5.31. The van der Waals surface area contributed by atoms with Crippen molar-refractivity contribution < 1.29 is 9.50 Å². The minimum Gasteiger partial charge on any atom is -0.384 e. The van der Waals surface area contributed by atoms with E-state index in [0.29, 0.717) is 17.4 Å². The van der Waals surface area contributed by atoms with Crippen LogP contribution in [0.15, 0.2) is 18.5 Å². The SMILES string of the molecule is OC1(c2cncc(F)c2)C2CCCC21. The lowest BCUT2D eigenvalue weighted by Crippen LogP contribution is -2.13. The number of pyridine rings is 1. The Morgan fingerprint density at radius 2 is 2.07 bits per heavy atom. The molecule has 2 fully saturated rings. The molecule has 14 heavy (non-hydrogen) atoms. The maximum absolute atomic E-state index is 12.9. The fourth-order valence-electron chi connectivity index (χ4n) is 2.98. The first-order valence-corrected chi connectivity index (χ1v) is 5.06. The summed E-state index contributed by atoms with van der Waals surface area (Å²) in [6.45, 7) is 0. The Kier molecular flexibility index (Phi) is 1.52. The predicted octanol–water partition coefficient (Wildman–Crippen LogP) is 1.84. The highest BCUT2D eigenvalue weighted by atomic mass is 19.1. The zero-order chi connectivity index (χ0) is 9.76. The summed E-state index contributed by atoms with van der Waals surface area (Å²) in [6, 6.07) is 1.41. The van der Waals surface area contributed by atoms with Crippen LogP contribution in [0.5, 0.6) is 0 Å². The van der Waals surface area contributed by atoms with Gasteiger partial charge in [-0.25, -0.2) is 4.39 Å². The van der Waals surface area contributed by atoms with E-state index in [4.69, 9.17) is 0 Å². The van der Waals surface area contributed by atoms with Crippen LogP contribution in [0.4, 0.5) is 4.39 Å². The number of aromatic nitrogens is 1. The van der Waals surface area contributed by atoms with Gasteiger partial charge in [-0.1, -0.05) is 6.42 Å². The van der Waals surface area contributed by atoms with Crippen molar-refractivity contribution in [2.75, 3.05) is 0 Å². The van der Waals surface area contributed by atoms with Gasteiger partial charge in [0.1, 0.15) is 5.82 Å². The van der Waals surface area contributed by atoms with E-state index >= 15 is 0 Å². The van der Waals surface area contributed by atoms with E-state index in [9.17, 15) is 9.50 Å². The topological polar surface area (TPSA) is 33.1 Å². The fraction of sp³-hybridized carbons (Fsp3) is 0.545. The molecule has 3 heteroatoms. The summed E-state index contributed by atoms with van der Waals surface area (Å²) in [5, 5.41) is 10.3. The summed E-state index contributed by atoms with van der Waals surface area (Å²) in [7, 11) is 0. The van der Waals surface area contributed by atoms with Gasteiger partial charge >= 0.3 is 0 Å². The molecule has 0 aliphatic heterocycles. The summed E-state index contributed by atoms with van der Waals surface area (Å²) in [4.78, 5) is 3.78. The van der Waals surface area contributed by atoms with Gasteiger partial charge < -0.3 is 5.11 Å². The molecule has 1 N–H and O–H groups in total. The Bertz CT molecular complexity index is 369. The molecule has 0 radical (unpaired) electrons. The summed E-state index contributed by atoms with van der Waals surface area (Å²) in [6.07, 6.45) is 6.09. The second-order valence-electron chi connectivity index (χ2n) is 4.36. The van der Waals surface area contributed by atoms with Crippen molar-refractivity contribution >= 4 is 0 Å². The van der Waals surface area contributed by atoms with Gasteiger partial charge in [0.15, 0.2) is 0 Å². The van der Waals surface area contributed by atoms with Crippen molar-refractivity contribution in [2.45, 2.75) is 24.9 Å². The van der Waals surface area contributed by atoms with Gasteiger partial charge in [0.25, 0.3) is 0 Å². The normalized spacial score (nSPS) is 39.6. The van der Waals surface area contributed by atoms with Crippen LogP contribution in [0.1, 0.15) is 24.8 Å². The Labute approximate surface area is 81.8 Å². The molecular weight excluding hydrogens is 181 g/mol. The van der Waals surface area contributed by atoms with Crippen LogP contribution in [-0.2, 0) is 5.60 Å². The minimum atomic E-state index is -0.757. The number of hydrogen-bond donors (Lipinski definition) is 1. The highest BCUT2D eigenvalue weighted by Crippen LogP contribution is 2.66. The van der Waals surface area contributed by atoms with Crippen molar-refractivity contribution in [1.82, 2.24) is 4.98 Å². The number of hydrogen-bond acceptors (Lipinski definition) is 2. The van der Waals surface area contributed by atoms with Crippen LogP contribution in [-0.4, -0.2) is 10.1 Å². The third-order valence-corrected chi connectivity index (χ3v) is 3.70. The van der Waals surface area contributed by atoms with Crippen LogP contribution in [0.2, 0.25) is 0 Å². The molecule has 2 unspecified atom stereocenters. The molecule has 1 heterocycles. The van der Waals surface area contributed by atoms with E-state index in [1.54, 1.807) is 6.20 Å². The smallest absolute Gasteiger partial charge is 0.141 e. The highest BCUT2D eigenvalue weighted by Gasteiger charge is 2.66. The number of rotatable bonds is 1. The van der Waals surface area contributed by atoms with Crippen LogP contribution in [0.3, 0.4) is 0 Å². The molecular formula is C11H12FNO. The lowest BCUT2D eigenvalue weighted by atomic mass is 10.0. The van der Waals surface area contributed by atoms with Crippen LogP contribution in [0.25, 0.3) is 0 Å². The molecule has 0 aromatic carbocycles. The Balaban J connectivity index is 1.97. The quantitative estimate of drug-likeness (QED) is 0.738. The third kappa shape index (κ3) is 0.906. The molecule has 0 amide bonds. The lowest BCUT2D eigenvalue weighted by Gasteiger charge is -2.13. The zero-order valence-corrected chi connectivity index (χ0v) is 7.78. The average Bonchev–Trinajstić information content (AvgIpc) is 2.62. The molecule has 2 saturated carbocycles. The molecule has 74 valence electrons. The van der Waals surface area contributed by atoms with Crippen molar-refractivity contribution in [3.8, 4) is 0 Å². The standard InChI is InChI=1S/C11H12FNO/c12-8-4-7(5-13-6-8)11(14)9-2-1-3-10(9)11/h4-6,9-10,14H,1-3H2. The first kappa shape index (κ1) is 8.36. The van der Waals surface area contributed by atoms with Crippen LogP contribution < -0.4 is 0 Å². The molecule has 2 aliphatic rings. The number of halogens is 1. The van der Waals surface area contributed by atoms with Gasteiger partial charge in [-0.2, -0.15) is 0 Å². The second-order valence-corrected chi connectivity index (χ2v) is 4.36. The van der Waals surface area contributed by atoms with E-state index < -0.39 is 5.60 Å². The van der Waals surface area contributed by atoms with Crippen LogP contribution in [0, 0.1) is 17.7 Å². The lowest BCUT2D eigenvalue weighted by molar-refractivity contribution is 0.105. The Hall–Kier alpha value is -0.960. The van der Waals surface area contributed by atoms with Gasteiger partial charge in [-0.15, -0.1) is 0 Å².